The number of hydrogen-bond donors (Lipinski definition) is 1. The average Bonchev–Trinajstić information content (AvgIpc) is 3.20. The van der Waals surface area contributed by atoms with Crippen molar-refractivity contribution in [2.24, 2.45) is 0 Å². The van der Waals surface area contributed by atoms with Gasteiger partial charge in [0.15, 0.2) is 0 Å². The molecule has 0 bridgehead atoms. The van der Waals surface area contributed by atoms with E-state index in [1.165, 1.54) is 44.9 Å². The van der Waals surface area contributed by atoms with E-state index < -0.39 is 5.97 Å². The molecule has 1 aliphatic rings. The first kappa shape index (κ1) is 18.2. The third-order valence-electron chi connectivity index (χ3n) is 4.05. The molecule has 0 radical (unpaired) electrons. The van der Waals surface area contributed by atoms with Gasteiger partial charge in [-0.05, 0) is 25.7 Å². The van der Waals surface area contributed by atoms with Gasteiger partial charge in [-0.15, -0.1) is 0 Å². The maximum absolute atomic E-state index is 10.3. The number of aliphatic carboxylic acids is 1. The molecular formula is C18H32O3. The van der Waals surface area contributed by atoms with Crippen LogP contribution in [0.4, 0.5) is 0 Å². The molecule has 0 aromatic heterocycles. The Hall–Kier alpha value is -0.830. The molecule has 0 saturated carbocycles. The third kappa shape index (κ3) is 10.5. The Morgan fingerprint density at radius 2 is 1.76 bits per heavy atom. The second-order valence-electron chi connectivity index (χ2n) is 6.12. The van der Waals surface area contributed by atoms with Crippen LogP contribution >= 0.6 is 0 Å². The molecule has 3 heteroatoms. The summed E-state index contributed by atoms with van der Waals surface area (Å²) in [5, 5.41) is 8.53. The number of carboxylic acids is 1. The van der Waals surface area contributed by atoms with Crippen molar-refractivity contribution in [3.8, 4) is 0 Å². The molecule has 0 amide bonds. The van der Waals surface area contributed by atoms with Crippen LogP contribution in [0.15, 0.2) is 12.2 Å². The van der Waals surface area contributed by atoms with Gasteiger partial charge in [-0.2, -0.15) is 0 Å². The van der Waals surface area contributed by atoms with Crippen LogP contribution in [0.25, 0.3) is 0 Å². The van der Waals surface area contributed by atoms with Crippen LogP contribution in [0.3, 0.4) is 0 Å². The van der Waals surface area contributed by atoms with Gasteiger partial charge >= 0.3 is 5.97 Å². The fourth-order valence-electron chi connectivity index (χ4n) is 2.63. The number of allylic oxidation sites excluding steroid dienone is 1. The smallest absolute Gasteiger partial charge is 0.303 e. The normalized spacial score (nSPS) is 21.0. The monoisotopic (exact) mass is 296 g/mol. The van der Waals surface area contributed by atoms with Gasteiger partial charge in [0, 0.05) is 6.42 Å². The summed E-state index contributed by atoms with van der Waals surface area (Å²) in [5.74, 6) is -0.674. The zero-order chi connectivity index (χ0) is 15.3. The molecule has 1 heterocycles. The molecule has 2 unspecified atom stereocenters. The third-order valence-corrected chi connectivity index (χ3v) is 4.05. The second kappa shape index (κ2) is 11.8. The molecule has 21 heavy (non-hydrogen) atoms. The van der Waals surface area contributed by atoms with Crippen LogP contribution in [0.5, 0.6) is 0 Å². The van der Waals surface area contributed by atoms with Crippen molar-refractivity contribution in [3.05, 3.63) is 12.2 Å². The van der Waals surface area contributed by atoms with Crippen LogP contribution in [0, 0.1) is 0 Å². The summed E-state index contributed by atoms with van der Waals surface area (Å²) in [7, 11) is 0. The van der Waals surface area contributed by atoms with Gasteiger partial charge in [0.1, 0.15) is 6.10 Å². The molecule has 1 saturated heterocycles. The summed E-state index contributed by atoms with van der Waals surface area (Å²) in [4.78, 5) is 10.3. The first-order valence-corrected chi connectivity index (χ1v) is 8.78. The predicted molar refractivity (Wildman–Crippen MR) is 86.5 cm³/mol. The average molecular weight is 296 g/mol. The molecule has 1 N–H and O–H groups in total. The number of carbonyl (C=O) groups is 1. The molecule has 3 nitrogen and oxygen atoms in total. The SMILES string of the molecule is CCCCCCC1OC1/C=C/CCCCCCCC(=O)O. The topological polar surface area (TPSA) is 49.8 Å². The van der Waals surface area contributed by atoms with E-state index in [1.54, 1.807) is 0 Å². The summed E-state index contributed by atoms with van der Waals surface area (Å²) >= 11 is 0. The molecule has 1 aliphatic heterocycles. The lowest BCUT2D eigenvalue weighted by molar-refractivity contribution is -0.137. The van der Waals surface area contributed by atoms with Crippen molar-refractivity contribution in [1.29, 1.82) is 0 Å². The number of epoxide rings is 1. The van der Waals surface area contributed by atoms with E-state index in [4.69, 9.17) is 9.84 Å². The van der Waals surface area contributed by atoms with Gasteiger partial charge in [-0.3, -0.25) is 4.79 Å². The first-order chi connectivity index (χ1) is 10.2. The molecule has 122 valence electrons. The van der Waals surface area contributed by atoms with Crippen LogP contribution in [-0.2, 0) is 9.53 Å². The van der Waals surface area contributed by atoms with Crippen LogP contribution in [0.2, 0.25) is 0 Å². The van der Waals surface area contributed by atoms with E-state index in [9.17, 15) is 4.79 Å². The number of ether oxygens (including phenoxy) is 1. The Morgan fingerprint density at radius 1 is 1.05 bits per heavy atom. The number of hydrogen-bond acceptors (Lipinski definition) is 2. The van der Waals surface area contributed by atoms with Crippen LogP contribution in [0.1, 0.15) is 84.0 Å². The van der Waals surface area contributed by atoms with Crippen LogP contribution in [-0.4, -0.2) is 23.3 Å². The Kier molecular flexibility index (Phi) is 10.2. The lowest BCUT2D eigenvalue weighted by atomic mass is 10.1. The summed E-state index contributed by atoms with van der Waals surface area (Å²) in [6.07, 6.45) is 18.8. The number of rotatable bonds is 14. The molecule has 1 fully saturated rings. The van der Waals surface area contributed by atoms with Crippen molar-refractivity contribution in [3.63, 3.8) is 0 Å². The summed E-state index contributed by atoms with van der Waals surface area (Å²) in [6, 6.07) is 0. The minimum absolute atomic E-state index is 0.318. The fourth-order valence-corrected chi connectivity index (χ4v) is 2.63. The molecule has 0 aliphatic carbocycles. The summed E-state index contributed by atoms with van der Waals surface area (Å²) < 4.78 is 5.64. The standard InChI is InChI=1S/C18H32O3/c1-2-3-4-10-13-16-17(21-16)14-11-8-6-5-7-9-12-15-18(19)20/h11,14,16-17H,2-10,12-13,15H2,1H3,(H,19,20)/b14-11+. The van der Waals surface area contributed by atoms with Crippen molar-refractivity contribution >= 4 is 5.97 Å². The summed E-state index contributed by atoms with van der Waals surface area (Å²) in [6.45, 7) is 2.24. The van der Waals surface area contributed by atoms with Gasteiger partial charge in [0.2, 0.25) is 0 Å². The van der Waals surface area contributed by atoms with E-state index >= 15 is 0 Å². The fraction of sp³-hybridized carbons (Fsp3) is 0.833. The predicted octanol–water partition coefficient (Wildman–Crippen LogP) is 5.10. The van der Waals surface area contributed by atoms with Crippen molar-refractivity contribution in [2.45, 2.75) is 96.2 Å². The van der Waals surface area contributed by atoms with Gasteiger partial charge in [-0.1, -0.05) is 64.0 Å². The maximum Gasteiger partial charge on any atom is 0.303 e. The summed E-state index contributed by atoms with van der Waals surface area (Å²) in [5.41, 5.74) is 0. The van der Waals surface area contributed by atoms with Gasteiger partial charge in [0.25, 0.3) is 0 Å². The highest BCUT2D eigenvalue weighted by Crippen LogP contribution is 2.28. The van der Waals surface area contributed by atoms with E-state index in [0.717, 1.165) is 25.7 Å². The quantitative estimate of drug-likeness (QED) is 0.276. The van der Waals surface area contributed by atoms with Gasteiger partial charge in [-0.25, -0.2) is 0 Å². The van der Waals surface area contributed by atoms with E-state index in [2.05, 4.69) is 19.1 Å². The Labute approximate surface area is 129 Å². The van der Waals surface area contributed by atoms with Gasteiger partial charge < -0.3 is 9.84 Å². The van der Waals surface area contributed by atoms with E-state index in [1.807, 2.05) is 0 Å². The highest BCUT2D eigenvalue weighted by molar-refractivity contribution is 5.66. The minimum atomic E-state index is -0.674. The Bertz CT molecular complexity index is 299. The molecular weight excluding hydrogens is 264 g/mol. The van der Waals surface area contributed by atoms with Crippen LogP contribution < -0.4 is 0 Å². The highest BCUT2D eigenvalue weighted by Gasteiger charge is 2.35. The Balaban J connectivity index is 1.82. The molecule has 0 aromatic carbocycles. The zero-order valence-electron chi connectivity index (χ0n) is 13.6. The molecule has 2 atom stereocenters. The van der Waals surface area contributed by atoms with Crippen molar-refractivity contribution in [2.75, 3.05) is 0 Å². The number of carboxylic acid groups (broad SMARTS) is 1. The molecule has 0 spiro atoms. The van der Waals surface area contributed by atoms with E-state index in [-0.39, 0.29) is 0 Å². The maximum atomic E-state index is 10.3. The minimum Gasteiger partial charge on any atom is -0.481 e. The number of unbranched alkanes of at least 4 members (excludes halogenated alkanes) is 8. The first-order valence-electron chi connectivity index (χ1n) is 8.78. The highest BCUT2D eigenvalue weighted by atomic mass is 16.6. The molecule has 0 aromatic rings. The lowest BCUT2D eigenvalue weighted by Gasteiger charge is -1.98. The largest absolute Gasteiger partial charge is 0.481 e. The van der Waals surface area contributed by atoms with E-state index in [0.29, 0.717) is 18.6 Å². The lowest BCUT2D eigenvalue weighted by Crippen LogP contribution is -1.93. The van der Waals surface area contributed by atoms with Crippen molar-refractivity contribution < 1.29 is 14.6 Å². The Morgan fingerprint density at radius 3 is 2.52 bits per heavy atom. The molecule has 1 rings (SSSR count). The van der Waals surface area contributed by atoms with Crippen molar-refractivity contribution in [1.82, 2.24) is 0 Å². The zero-order valence-corrected chi connectivity index (χ0v) is 13.6. The van der Waals surface area contributed by atoms with Gasteiger partial charge in [0.05, 0.1) is 6.10 Å². The second-order valence-corrected chi connectivity index (χ2v) is 6.12.